The van der Waals surface area contributed by atoms with Gasteiger partial charge in [0.1, 0.15) is 17.0 Å². The standard InChI is InChI=1S/C27H30N6O5/c1-26(2)20-10-17(8-9-18(20)24(36)33-26)30-25-28-11-19(23(35)29-13-27(37)14-38-15-27)22(32-25)31-21(12-34)16-6-4-3-5-7-16/h3-11,21,34,37H,12-15H2,1-2H3,(H,29,35)(H,33,36)(H2,28,30,31,32)/t21-/m1/s1. The van der Waals surface area contributed by atoms with E-state index in [2.05, 4.69) is 31.2 Å². The monoisotopic (exact) mass is 518 g/mol. The quantitative estimate of drug-likeness (QED) is 0.249. The highest BCUT2D eigenvalue weighted by atomic mass is 16.5. The minimum Gasteiger partial charge on any atom is -0.394 e. The van der Waals surface area contributed by atoms with Crippen LogP contribution >= 0.6 is 0 Å². The maximum atomic E-state index is 13.1. The lowest BCUT2D eigenvalue weighted by molar-refractivity contribution is -0.173. The molecule has 2 aliphatic heterocycles. The molecule has 1 atom stereocenters. The van der Waals surface area contributed by atoms with Gasteiger partial charge in [0.25, 0.3) is 11.8 Å². The summed E-state index contributed by atoms with van der Waals surface area (Å²) < 4.78 is 5.04. The normalized spacial score (nSPS) is 17.5. The number of anilines is 3. The highest BCUT2D eigenvalue weighted by molar-refractivity contribution is 6.00. The lowest BCUT2D eigenvalue weighted by Gasteiger charge is -2.36. The van der Waals surface area contributed by atoms with Gasteiger partial charge in [-0.25, -0.2) is 4.98 Å². The first kappa shape index (κ1) is 25.6. The molecule has 0 radical (unpaired) electrons. The maximum Gasteiger partial charge on any atom is 0.256 e. The molecule has 5 rings (SSSR count). The summed E-state index contributed by atoms with van der Waals surface area (Å²) in [5.74, 6) is -0.176. The van der Waals surface area contributed by atoms with Gasteiger partial charge >= 0.3 is 0 Å². The van der Waals surface area contributed by atoms with Crippen molar-refractivity contribution in [3.05, 3.63) is 77.0 Å². The Balaban J connectivity index is 1.43. The van der Waals surface area contributed by atoms with Crippen LogP contribution in [0.15, 0.2) is 54.7 Å². The van der Waals surface area contributed by atoms with E-state index in [-0.39, 0.29) is 49.6 Å². The van der Waals surface area contributed by atoms with Gasteiger partial charge in [-0.2, -0.15) is 4.98 Å². The molecule has 198 valence electrons. The fraction of sp³-hybridized carbons (Fsp3) is 0.333. The summed E-state index contributed by atoms with van der Waals surface area (Å²) in [6.45, 7) is 3.93. The predicted molar refractivity (Wildman–Crippen MR) is 140 cm³/mol. The van der Waals surface area contributed by atoms with Crippen LogP contribution in [0.4, 0.5) is 17.5 Å². The molecule has 3 aromatic rings. The van der Waals surface area contributed by atoms with Crippen LogP contribution in [0.5, 0.6) is 0 Å². The van der Waals surface area contributed by atoms with Crippen LogP contribution in [-0.2, 0) is 10.3 Å². The molecule has 2 aromatic carbocycles. The fourth-order valence-corrected chi connectivity index (χ4v) is 4.47. The van der Waals surface area contributed by atoms with E-state index in [4.69, 9.17) is 4.74 Å². The van der Waals surface area contributed by atoms with Crippen LogP contribution in [0.2, 0.25) is 0 Å². The molecule has 0 spiro atoms. The highest BCUT2D eigenvalue weighted by Crippen LogP contribution is 2.33. The number of fused-ring (bicyclic) bond motifs is 1. The fourth-order valence-electron chi connectivity index (χ4n) is 4.47. The number of carbonyl (C=O) groups excluding carboxylic acids is 2. The van der Waals surface area contributed by atoms with Crippen LogP contribution in [0.3, 0.4) is 0 Å². The van der Waals surface area contributed by atoms with E-state index in [1.165, 1.54) is 6.20 Å². The number of nitrogens with zero attached hydrogens (tertiary/aromatic N) is 2. The summed E-state index contributed by atoms with van der Waals surface area (Å²) in [5.41, 5.74) is 1.49. The van der Waals surface area contributed by atoms with Crippen molar-refractivity contribution < 1.29 is 24.5 Å². The third-order valence-corrected chi connectivity index (χ3v) is 6.67. The summed E-state index contributed by atoms with van der Waals surface area (Å²) in [6, 6.07) is 14.2. The molecule has 0 unspecified atom stereocenters. The molecule has 0 aliphatic carbocycles. The van der Waals surface area contributed by atoms with Crippen molar-refractivity contribution in [1.82, 2.24) is 20.6 Å². The molecular formula is C27H30N6O5. The molecule has 1 fully saturated rings. The molecule has 0 bridgehead atoms. The molecule has 38 heavy (non-hydrogen) atoms. The number of benzene rings is 2. The molecular weight excluding hydrogens is 488 g/mol. The van der Waals surface area contributed by atoms with Crippen LogP contribution in [0, 0.1) is 0 Å². The predicted octanol–water partition coefficient (Wildman–Crippen LogP) is 1.84. The number of rotatable bonds is 9. The number of hydrogen-bond donors (Lipinski definition) is 6. The Bertz CT molecular complexity index is 1360. The first-order valence-corrected chi connectivity index (χ1v) is 12.3. The smallest absolute Gasteiger partial charge is 0.256 e. The van der Waals surface area contributed by atoms with Crippen molar-refractivity contribution >= 4 is 29.3 Å². The largest absolute Gasteiger partial charge is 0.394 e. The van der Waals surface area contributed by atoms with Gasteiger partial charge in [-0.05, 0) is 43.2 Å². The third-order valence-electron chi connectivity index (χ3n) is 6.67. The Morgan fingerprint density at radius 3 is 2.63 bits per heavy atom. The molecule has 11 heteroatoms. The number of nitrogens with one attached hydrogen (secondary N) is 4. The molecule has 2 amide bonds. The van der Waals surface area contributed by atoms with Gasteiger partial charge in [0.15, 0.2) is 0 Å². The molecule has 11 nitrogen and oxygen atoms in total. The highest BCUT2D eigenvalue weighted by Gasteiger charge is 2.37. The van der Waals surface area contributed by atoms with E-state index in [0.29, 0.717) is 11.3 Å². The topological polar surface area (TPSA) is 158 Å². The van der Waals surface area contributed by atoms with Crippen LogP contribution < -0.4 is 21.3 Å². The van der Waals surface area contributed by atoms with Crippen LogP contribution in [0.25, 0.3) is 0 Å². The van der Waals surface area contributed by atoms with E-state index in [1.54, 1.807) is 12.1 Å². The number of amides is 2. The maximum absolute atomic E-state index is 13.1. The summed E-state index contributed by atoms with van der Waals surface area (Å²) in [7, 11) is 0. The van der Waals surface area contributed by atoms with E-state index in [9.17, 15) is 19.8 Å². The van der Waals surface area contributed by atoms with Crippen molar-refractivity contribution in [2.45, 2.75) is 31.0 Å². The second kappa shape index (κ2) is 10.0. The van der Waals surface area contributed by atoms with E-state index < -0.39 is 23.1 Å². The van der Waals surface area contributed by atoms with Gasteiger partial charge in [0.2, 0.25) is 5.95 Å². The number of ether oxygens (including phenoxy) is 1. The van der Waals surface area contributed by atoms with Gasteiger partial charge < -0.3 is 36.2 Å². The van der Waals surface area contributed by atoms with Crippen molar-refractivity contribution in [1.29, 1.82) is 0 Å². The van der Waals surface area contributed by atoms with Crippen LogP contribution in [0.1, 0.15) is 51.7 Å². The second-order valence-electron chi connectivity index (χ2n) is 10.1. The van der Waals surface area contributed by atoms with Crippen molar-refractivity contribution in [2.75, 3.05) is 37.0 Å². The summed E-state index contributed by atoms with van der Waals surface area (Å²) in [4.78, 5) is 34.2. The average Bonchev–Trinajstić information content (AvgIpc) is 3.12. The molecule has 3 heterocycles. The average molecular weight is 519 g/mol. The molecule has 2 aliphatic rings. The minimum absolute atomic E-state index is 0.0189. The zero-order chi connectivity index (χ0) is 26.9. The zero-order valence-electron chi connectivity index (χ0n) is 21.1. The number of aliphatic hydroxyl groups excluding tert-OH is 1. The number of aromatic nitrogens is 2. The van der Waals surface area contributed by atoms with Gasteiger partial charge in [0.05, 0.1) is 37.9 Å². The first-order valence-electron chi connectivity index (χ1n) is 12.3. The van der Waals surface area contributed by atoms with Crippen molar-refractivity contribution in [3.63, 3.8) is 0 Å². The number of carbonyl (C=O) groups is 2. The SMILES string of the molecule is CC1(C)NC(=O)c2ccc(Nc3ncc(C(=O)NCC4(O)COC4)c(N[C@H](CO)c4ccccc4)n3)cc21. The number of hydrogen-bond acceptors (Lipinski definition) is 9. The van der Waals surface area contributed by atoms with Crippen molar-refractivity contribution in [3.8, 4) is 0 Å². The van der Waals surface area contributed by atoms with Crippen LogP contribution in [-0.4, -0.2) is 64.0 Å². The second-order valence-corrected chi connectivity index (χ2v) is 10.1. The molecule has 1 saturated heterocycles. The Hall–Kier alpha value is -4.06. The first-order chi connectivity index (χ1) is 18.2. The van der Waals surface area contributed by atoms with Crippen molar-refractivity contribution in [2.24, 2.45) is 0 Å². The molecule has 0 saturated carbocycles. The molecule has 1 aromatic heterocycles. The van der Waals surface area contributed by atoms with Gasteiger partial charge in [0, 0.05) is 17.4 Å². The molecule has 6 N–H and O–H groups in total. The number of aliphatic hydroxyl groups is 2. The van der Waals surface area contributed by atoms with Gasteiger partial charge in [-0.15, -0.1) is 0 Å². The minimum atomic E-state index is -1.10. The van der Waals surface area contributed by atoms with E-state index in [0.717, 1.165) is 11.1 Å². The van der Waals surface area contributed by atoms with E-state index in [1.807, 2.05) is 50.2 Å². The Kier molecular flexibility index (Phi) is 6.74. The Morgan fingerprint density at radius 2 is 1.95 bits per heavy atom. The third kappa shape index (κ3) is 5.17. The zero-order valence-corrected chi connectivity index (χ0v) is 21.1. The Morgan fingerprint density at radius 1 is 1.18 bits per heavy atom. The van der Waals surface area contributed by atoms with Gasteiger partial charge in [-0.3, -0.25) is 9.59 Å². The lowest BCUT2D eigenvalue weighted by Crippen LogP contribution is -2.57. The summed E-state index contributed by atoms with van der Waals surface area (Å²) in [5, 5.41) is 32.3. The lowest BCUT2D eigenvalue weighted by atomic mass is 9.94. The Labute approximate surface area is 219 Å². The summed E-state index contributed by atoms with van der Waals surface area (Å²) in [6.07, 6.45) is 1.39. The van der Waals surface area contributed by atoms with Gasteiger partial charge in [-0.1, -0.05) is 30.3 Å². The van der Waals surface area contributed by atoms with E-state index >= 15 is 0 Å². The summed E-state index contributed by atoms with van der Waals surface area (Å²) >= 11 is 0.